The fourth-order valence-corrected chi connectivity index (χ4v) is 1.89. The van der Waals surface area contributed by atoms with Gasteiger partial charge in [0, 0.05) is 18.7 Å². The molecular weight excluding hydrogens is 218 g/mol. The number of rotatable bonds is 6. The molecule has 4 nitrogen and oxygen atoms in total. The van der Waals surface area contributed by atoms with Crippen LogP contribution in [-0.4, -0.2) is 27.1 Å². The Hall–Kier alpha value is -1.26. The number of methoxy groups -OCH3 is 1. The van der Waals surface area contributed by atoms with E-state index in [1.54, 1.807) is 7.11 Å². The molecule has 0 amide bonds. The normalized spacial score (nSPS) is 17.6. The summed E-state index contributed by atoms with van der Waals surface area (Å²) in [6.45, 7) is 4.13. The molecule has 1 unspecified atom stereocenters. The summed E-state index contributed by atoms with van der Waals surface area (Å²) in [6.07, 6.45) is 1.13. The highest BCUT2D eigenvalue weighted by Crippen LogP contribution is 2.35. The second-order valence-corrected chi connectivity index (χ2v) is 4.07. The van der Waals surface area contributed by atoms with Crippen LogP contribution in [0.15, 0.2) is 18.2 Å². The zero-order valence-electron chi connectivity index (χ0n) is 10.4. The van der Waals surface area contributed by atoms with Crippen molar-refractivity contribution in [2.24, 2.45) is 0 Å². The number of hydrogen-bond donors (Lipinski definition) is 1. The van der Waals surface area contributed by atoms with E-state index in [0.29, 0.717) is 12.6 Å². The molecule has 2 rings (SSSR count). The third kappa shape index (κ3) is 2.90. The molecule has 1 aliphatic heterocycles. The molecule has 1 aromatic rings. The Morgan fingerprint density at radius 1 is 1.47 bits per heavy atom. The largest absolute Gasteiger partial charge is 0.491 e. The van der Waals surface area contributed by atoms with Crippen molar-refractivity contribution >= 4 is 0 Å². The first kappa shape index (κ1) is 12.2. The van der Waals surface area contributed by atoms with Crippen LogP contribution in [0, 0.1) is 0 Å². The van der Waals surface area contributed by atoms with E-state index in [1.165, 1.54) is 5.56 Å². The molecule has 94 valence electrons. The van der Waals surface area contributed by atoms with Crippen molar-refractivity contribution in [2.45, 2.75) is 19.4 Å². The van der Waals surface area contributed by atoms with Crippen LogP contribution in [0.3, 0.4) is 0 Å². The highest BCUT2D eigenvalue weighted by molar-refractivity contribution is 5.44. The van der Waals surface area contributed by atoms with Gasteiger partial charge >= 0.3 is 0 Å². The number of ether oxygens (including phenoxy) is 3. The molecule has 1 atom stereocenters. The minimum Gasteiger partial charge on any atom is -0.491 e. The lowest BCUT2D eigenvalue weighted by Crippen LogP contribution is -2.22. The van der Waals surface area contributed by atoms with E-state index in [1.807, 2.05) is 12.1 Å². The Morgan fingerprint density at radius 2 is 2.35 bits per heavy atom. The molecule has 0 aromatic heterocycles. The molecule has 1 aromatic carbocycles. The fourth-order valence-electron chi connectivity index (χ4n) is 1.89. The molecule has 17 heavy (non-hydrogen) atoms. The Morgan fingerprint density at radius 3 is 3.12 bits per heavy atom. The number of nitrogens with one attached hydrogen (secondary N) is 1. The summed E-state index contributed by atoms with van der Waals surface area (Å²) < 4.78 is 15.9. The van der Waals surface area contributed by atoms with Crippen molar-refractivity contribution in [1.29, 1.82) is 0 Å². The molecule has 0 saturated carbocycles. The summed E-state index contributed by atoms with van der Waals surface area (Å²) in [5.41, 5.74) is 1.21. The Labute approximate surface area is 102 Å². The fraction of sp³-hybridized carbons (Fsp3) is 0.538. The quantitative estimate of drug-likeness (QED) is 0.769. The Kier molecular flexibility index (Phi) is 4.23. The van der Waals surface area contributed by atoms with Crippen LogP contribution in [-0.2, 0) is 4.74 Å². The van der Waals surface area contributed by atoms with E-state index in [0.717, 1.165) is 24.5 Å². The highest BCUT2D eigenvalue weighted by Gasteiger charge is 2.23. The Bertz CT molecular complexity index is 368. The van der Waals surface area contributed by atoms with E-state index in [2.05, 4.69) is 18.3 Å². The van der Waals surface area contributed by atoms with Gasteiger partial charge in [-0.15, -0.1) is 0 Å². The molecule has 1 aliphatic rings. The number of benzene rings is 1. The summed E-state index contributed by atoms with van der Waals surface area (Å²) in [5.74, 6) is 1.69. The molecule has 0 aliphatic carbocycles. The van der Waals surface area contributed by atoms with Crippen LogP contribution < -0.4 is 14.8 Å². The molecule has 0 spiro atoms. The average Bonchev–Trinajstić information content (AvgIpc) is 2.76. The predicted octanol–water partition coefficient (Wildman–Crippen LogP) is 2.10. The number of fused-ring (bicyclic) bond motifs is 1. The summed E-state index contributed by atoms with van der Waals surface area (Å²) in [7, 11) is 1.61. The molecule has 4 heteroatoms. The first-order valence-electron chi connectivity index (χ1n) is 5.97. The molecule has 1 heterocycles. The molecule has 0 saturated heterocycles. The summed E-state index contributed by atoms with van der Waals surface area (Å²) >= 11 is 0. The average molecular weight is 237 g/mol. The minimum atomic E-state index is 0.260. The SMILES string of the molecule is CCCNC1COc2cc(OCOC)ccc21. The summed E-state index contributed by atoms with van der Waals surface area (Å²) in [6, 6.07) is 6.23. The van der Waals surface area contributed by atoms with Gasteiger partial charge in [0.2, 0.25) is 0 Å². The van der Waals surface area contributed by atoms with Crippen LogP contribution in [0.1, 0.15) is 24.9 Å². The monoisotopic (exact) mass is 237 g/mol. The molecule has 0 bridgehead atoms. The van der Waals surface area contributed by atoms with Crippen LogP contribution >= 0.6 is 0 Å². The van der Waals surface area contributed by atoms with Gasteiger partial charge in [-0.05, 0) is 25.1 Å². The van der Waals surface area contributed by atoms with Crippen molar-refractivity contribution in [2.75, 3.05) is 27.1 Å². The molecule has 1 N–H and O–H groups in total. The first-order valence-corrected chi connectivity index (χ1v) is 5.97. The van der Waals surface area contributed by atoms with Gasteiger partial charge in [-0.2, -0.15) is 0 Å². The van der Waals surface area contributed by atoms with Crippen molar-refractivity contribution in [3.63, 3.8) is 0 Å². The third-order valence-electron chi connectivity index (χ3n) is 2.75. The molecule has 0 fully saturated rings. The first-order chi connectivity index (χ1) is 8.35. The lowest BCUT2D eigenvalue weighted by molar-refractivity contribution is 0.0510. The van der Waals surface area contributed by atoms with Gasteiger partial charge in [0.05, 0.1) is 6.04 Å². The van der Waals surface area contributed by atoms with Gasteiger partial charge in [-0.1, -0.05) is 6.92 Å². The van der Waals surface area contributed by atoms with Gasteiger partial charge in [0.1, 0.15) is 18.1 Å². The van der Waals surface area contributed by atoms with Crippen LogP contribution in [0.2, 0.25) is 0 Å². The van der Waals surface area contributed by atoms with Gasteiger partial charge < -0.3 is 19.5 Å². The Balaban J connectivity index is 2.03. The van der Waals surface area contributed by atoms with E-state index in [-0.39, 0.29) is 6.79 Å². The smallest absolute Gasteiger partial charge is 0.188 e. The highest BCUT2D eigenvalue weighted by atomic mass is 16.7. The van der Waals surface area contributed by atoms with Crippen molar-refractivity contribution in [1.82, 2.24) is 5.32 Å². The van der Waals surface area contributed by atoms with E-state index < -0.39 is 0 Å². The van der Waals surface area contributed by atoms with E-state index in [4.69, 9.17) is 14.2 Å². The summed E-state index contributed by atoms with van der Waals surface area (Å²) in [5, 5.41) is 3.46. The van der Waals surface area contributed by atoms with E-state index in [9.17, 15) is 0 Å². The maximum atomic E-state index is 5.65. The van der Waals surface area contributed by atoms with Gasteiger partial charge in [0.25, 0.3) is 0 Å². The summed E-state index contributed by atoms with van der Waals surface area (Å²) in [4.78, 5) is 0. The zero-order valence-corrected chi connectivity index (χ0v) is 10.4. The zero-order chi connectivity index (χ0) is 12.1. The second kappa shape index (κ2) is 5.89. The topological polar surface area (TPSA) is 39.7 Å². The lowest BCUT2D eigenvalue weighted by atomic mass is 10.1. The van der Waals surface area contributed by atoms with Crippen molar-refractivity contribution in [3.05, 3.63) is 23.8 Å². The van der Waals surface area contributed by atoms with Gasteiger partial charge in [0.15, 0.2) is 6.79 Å². The van der Waals surface area contributed by atoms with Crippen LogP contribution in [0.5, 0.6) is 11.5 Å². The van der Waals surface area contributed by atoms with E-state index >= 15 is 0 Å². The third-order valence-corrected chi connectivity index (χ3v) is 2.75. The molecule has 0 radical (unpaired) electrons. The van der Waals surface area contributed by atoms with Crippen LogP contribution in [0.25, 0.3) is 0 Å². The lowest BCUT2D eigenvalue weighted by Gasteiger charge is -2.10. The second-order valence-electron chi connectivity index (χ2n) is 4.07. The van der Waals surface area contributed by atoms with Crippen molar-refractivity contribution < 1.29 is 14.2 Å². The van der Waals surface area contributed by atoms with Gasteiger partial charge in [-0.3, -0.25) is 0 Å². The molecular formula is C13H19NO3. The maximum absolute atomic E-state index is 5.65. The van der Waals surface area contributed by atoms with Gasteiger partial charge in [-0.25, -0.2) is 0 Å². The standard InChI is InChI=1S/C13H19NO3/c1-3-6-14-12-8-16-13-7-10(17-9-15-2)4-5-11(12)13/h4-5,7,12,14H,3,6,8-9H2,1-2H3. The number of hydrogen-bond acceptors (Lipinski definition) is 4. The predicted molar refractivity (Wildman–Crippen MR) is 65.5 cm³/mol. The maximum Gasteiger partial charge on any atom is 0.188 e. The van der Waals surface area contributed by atoms with Crippen LogP contribution in [0.4, 0.5) is 0 Å². The minimum absolute atomic E-state index is 0.260. The van der Waals surface area contributed by atoms with Crippen molar-refractivity contribution in [3.8, 4) is 11.5 Å².